The van der Waals surface area contributed by atoms with Crippen LogP contribution in [0.1, 0.15) is 19.8 Å². The molecule has 1 atom stereocenters. The zero-order valence-corrected chi connectivity index (χ0v) is 13.6. The summed E-state index contributed by atoms with van der Waals surface area (Å²) >= 11 is 0. The first-order chi connectivity index (χ1) is 11.2. The summed E-state index contributed by atoms with van der Waals surface area (Å²) in [5, 5.41) is 2.91. The SMILES string of the molecule is CC[C@@H](Oc1ccc(F)cc1)C(=O)NCCCN1CCOCC1. The molecule has 1 heterocycles. The van der Waals surface area contributed by atoms with Crippen LogP contribution in [0, 0.1) is 5.82 Å². The Labute approximate surface area is 136 Å². The Balaban J connectivity index is 1.68. The number of hydrogen-bond donors (Lipinski definition) is 1. The van der Waals surface area contributed by atoms with Crippen LogP contribution in [-0.4, -0.2) is 56.3 Å². The molecule has 23 heavy (non-hydrogen) atoms. The molecule has 0 aromatic heterocycles. The topological polar surface area (TPSA) is 50.8 Å². The summed E-state index contributed by atoms with van der Waals surface area (Å²) in [6.07, 6.45) is 0.912. The third-order valence-corrected chi connectivity index (χ3v) is 3.81. The maximum atomic E-state index is 12.9. The minimum absolute atomic E-state index is 0.126. The number of ether oxygens (including phenoxy) is 2. The summed E-state index contributed by atoms with van der Waals surface area (Å²) in [7, 11) is 0. The van der Waals surface area contributed by atoms with Gasteiger partial charge in [0.15, 0.2) is 6.10 Å². The van der Waals surface area contributed by atoms with Crippen LogP contribution in [0.25, 0.3) is 0 Å². The minimum atomic E-state index is -0.552. The second-order valence-electron chi connectivity index (χ2n) is 5.57. The highest BCUT2D eigenvalue weighted by Crippen LogP contribution is 2.14. The Morgan fingerprint density at radius 3 is 2.70 bits per heavy atom. The van der Waals surface area contributed by atoms with Crippen LogP contribution >= 0.6 is 0 Å². The molecule has 0 radical (unpaired) electrons. The van der Waals surface area contributed by atoms with Crippen LogP contribution in [0.3, 0.4) is 0 Å². The van der Waals surface area contributed by atoms with E-state index in [4.69, 9.17) is 9.47 Å². The number of amides is 1. The highest BCUT2D eigenvalue weighted by atomic mass is 19.1. The van der Waals surface area contributed by atoms with Crippen molar-refractivity contribution >= 4 is 5.91 Å². The number of rotatable bonds is 8. The third-order valence-electron chi connectivity index (χ3n) is 3.81. The van der Waals surface area contributed by atoms with Crippen molar-refractivity contribution in [1.82, 2.24) is 10.2 Å². The van der Waals surface area contributed by atoms with Gasteiger partial charge in [0, 0.05) is 19.6 Å². The number of halogens is 1. The van der Waals surface area contributed by atoms with Gasteiger partial charge in [-0.25, -0.2) is 4.39 Å². The van der Waals surface area contributed by atoms with Gasteiger partial charge < -0.3 is 14.8 Å². The van der Waals surface area contributed by atoms with Gasteiger partial charge in [-0.2, -0.15) is 0 Å². The molecule has 0 spiro atoms. The lowest BCUT2D eigenvalue weighted by Gasteiger charge is -2.26. The molecule has 0 saturated carbocycles. The summed E-state index contributed by atoms with van der Waals surface area (Å²) in [6, 6.07) is 5.71. The van der Waals surface area contributed by atoms with E-state index in [0.29, 0.717) is 18.7 Å². The van der Waals surface area contributed by atoms with E-state index in [2.05, 4.69) is 10.2 Å². The number of carbonyl (C=O) groups is 1. The molecule has 1 saturated heterocycles. The first kappa shape index (κ1) is 17.7. The molecular weight excluding hydrogens is 299 g/mol. The predicted octanol–water partition coefficient (Wildman–Crippen LogP) is 1.82. The Morgan fingerprint density at radius 1 is 1.35 bits per heavy atom. The highest BCUT2D eigenvalue weighted by Gasteiger charge is 2.18. The van der Waals surface area contributed by atoms with Crippen molar-refractivity contribution in [2.75, 3.05) is 39.4 Å². The number of nitrogens with one attached hydrogen (secondary N) is 1. The molecule has 1 amide bonds. The Morgan fingerprint density at radius 2 is 2.04 bits per heavy atom. The van der Waals surface area contributed by atoms with Gasteiger partial charge in [0.25, 0.3) is 5.91 Å². The van der Waals surface area contributed by atoms with Crippen LogP contribution < -0.4 is 10.1 Å². The normalized spacial score (nSPS) is 16.8. The second kappa shape index (κ2) is 9.47. The molecule has 1 fully saturated rings. The number of morpholine rings is 1. The molecule has 0 aliphatic carbocycles. The highest BCUT2D eigenvalue weighted by molar-refractivity contribution is 5.81. The minimum Gasteiger partial charge on any atom is -0.481 e. The molecule has 0 unspecified atom stereocenters. The van der Waals surface area contributed by atoms with Gasteiger partial charge >= 0.3 is 0 Å². The summed E-state index contributed by atoms with van der Waals surface area (Å²) < 4.78 is 23.8. The lowest BCUT2D eigenvalue weighted by atomic mass is 10.2. The van der Waals surface area contributed by atoms with E-state index in [1.165, 1.54) is 24.3 Å². The van der Waals surface area contributed by atoms with Crippen LogP contribution in [0.4, 0.5) is 4.39 Å². The molecule has 1 aromatic carbocycles. The summed E-state index contributed by atoms with van der Waals surface area (Å²) in [4.78, 5) is 14.5. The molecule has 1 N–H and O–H groups in total. The zero-order chi connectivity index (χ0) is 16.5. The number of hydrogen-bond acceptors (Lipinski definition) is 4. The molecular formula is C17H25FN2O3. The molecule has 1 aliphatic rings. The van der Waals surface area contributed by atoms with Gasteiger partial charge in [-0.3, -0.25) is 9.69 Å². The van der Waals surface area contributed by atoms with E-state index in [-0.39, 0.29) is 11.7 Å². The molecule has 5 nitrogen and oxygen atoms in total. The number of nitrogens with zero attached hydrogens (tertiary/aromatic N) is 1. The van der Waals surface area contributed by atoms with E-state index in [9.17, 15) is 9.18 Å². The van der Waals surface area contributed by atoms with Gasteiger partial charge in [0.1, 0.15) is 11.6 Å². The van der Waals surface area contributed by atoms with Crippen molar-refractivity contribution in [1.29, 1.82) is 0 Å². The van der Waals surface area contributed by atoms with E-state index >= 15 is 0 Å². The van der Waals surface area contributed by atoms with Gasteiger partial charge in [-0.05, 0) is 43.7 Å². The summed E-state index contributed by atoms with van der Waals surface area (Å²) in [6.45, 7) is 6.96. The van der Waals surface area contributed by atoms with Crippen molar-refractivity contribution in [3.05, 3.63) is 30.1 Å². The van der Waals surface area contributed by atoms with Crippen molar-refractivity contribution in [3.8, 4) is 5.75 Å². The van der Waals surface area contributed by atoms with E-state index < -0.39 is 6.10 Å². The van der Waals surface area contributed by atoms with Gasteiger partial charge in [-0.15, -0.1) is 0 Å². The smallest absolute Gasteiger partial charge is 0.261 e. The monoisotopic (exact) mass is 324 g/mol. The zero-order valence-electron chi connectivity index (χ0n) is 13.6. The summed E-state index contributed by atoms with van der Waals surface area (Å²) in [5.41, 5.74) is 0. The molecule has 128 valence electrons. The third kappa shape index (κ3) is 6.15. The second-order valence-corrected chi connectivity index (χ2v) is 5.57. The fraction of sp³-hybridized carbons (Fsp3) is 0.588. The van der Waals surface area contributed by atoms with Crippen molar-refractivity contribution in [2.45, 2.75) is 25.9 Å². The van der Waals surface area contributed by atoms with Gasteiger partial charge in [-0.1, -0.05) is 6.92 Å². The lowest BCUT2D eigenvalue weighted by Crippen LogP contribution is -2.41. The Hall–Kier alpha value is -1.66. The van der Waals surface area contributed by atoms with Crippen molar-refractivity contribution < 1.29 is 18.7 Å². The Kier molecular flexibility index (Phi) is 7.29. The first-order valence-corrected chi connectivity index (χ1v) is 8.19. The maximum absolute atomic E-state index is 12.9. The fourth-order valence-corrected chi connectivity index (χ4v) is 2.45. The van der Waals surface area contributed by atoms with Gasteiger partial charge in [0.2, 0.25) is 0 Å². The van der Waals surface area contributed by atoms with Crippen LogP contribution in [0.15, 0.2) is 24.3 Å². The van der Waals surface area contributed by atoms with E-state index in [1.54, 1.807) is 0 Å². The fourth-order valence-electron chi connectivity index (χ4n) is 2.45. The number of benzene rings is 1. The van der Waals surface area contributed by atoms with Crippen LogP contribution in [-0.2, 0) is 9.53 Å². The number of carbonyl (C=O) groups excluding carboxylic acids is 1. The summed E-state index contributed by atoms with van der Waals surface area (Å²) in [5.74, 6) is 0.0541. The lowest BCUT2D eigenvalue weighted by molar-refractivity contribution is -0.128. The molecule has 6 heteroatoms. The Bertz CT molecular complexity index is 475. The van der Waals surface area contributed by atoms with Crippen LogP contribution in [0.5, 0.6) is 5.75 Å². The van der Waals surface area contributed by atoms with Crippen molar-refractivity contribution in [3.63, 3.8) is 0 Å². The molecule has 2 rings (SSSR count). The average molecular weight is 324 g/mol. The quantitative estimate of drug-likeness (QED) is 0.741. The first-order valence-electron chi connectivity index (χ1n) is 8.19. The average Bonchev–Trinajstić information content (AvgIpc) is 2.59. The van der Waals surface area contributed by atoms with E-state index in [1.807, 2.05) is 6.92 Å². The van der Waals surface area contributed by atoms with Gasteiger partial charge in [0.05, 0.1) is 13.2 Å². The molecule has 0 bridgehead atoms. The standard InChI is InChI=1S/C17H25FN2O3/c1-2-16(23-15-6-4-14(18)5-7-15)17(21)19-8-3-9-20-10-12-22-13-11-20/h4-7,16H,2-3,8-13H2,1H3,(H,19,21)/t16-/m1/s1. The predicted molar refractivity (Wildman–Crippen MR) is 86.0 cm³/mol. The van der Waals surface area contributed by atoms with Crippen LogP contribution in [0.2, 0.25) is 0 Å². The molecule has 1 aromatic rings. The largest absolute Gasteiger partial charge is 0.481 e. The van der Waals surface area contributed by atoms with E-state index in [0.717, 1.165) is 39.3 Å². The molecule has 1 aliphatic heterocycles. The maximum Gasteiger partial charge on any atom is 0.261 e. The van der Waals surface area contributed by atoms with Crippen molar-refractivity contribution in [2.24, 2.45) is 0 Å².